The van der Waals surface area contributed by atoms with Crippen molar-refractivity contribution in [3.8, 4) is 5.75 Å². The number of carbonyl (C=O) groups excluding carboxylic acids is 2. The van der Waals surface area contributed by atoms with Crippen LogP contribution >= 0.6 is 0 Å². The first-order valence-corrected chi connectivity index (χ1v) is 9.61. The number of methoxy groups -OCH3 is 1. The summed E-state index contributed by atoms with van der Waals surface area (Å²) >= 11 is 0. The average molecular weight is 384 g/mol. The predicted molar refractivity (Wildman–Crippen MR) is 102 cm³/mol. The van der Waals surface area contributed by atoms with Gasteiger partial charge in [-0.05, 0) is 37.5 Å². The number of ether oxygens (including phenoxy) is 2. The van der Waals surface area contributed by atoms with E-state index in [9.17, 15) is 9.59 Å². The lowest BCUT2D eigenvalue weighted by Crippen LogP contribution is -2.51. The van der Waals surface area contributed by atoms with E-state index >= 15 is 0 Å². The van der Waals surface area contributed by atoms with Crippen LogP contribution in [0.25, 0.3) is 0 Å². The van der Waals surface area contributed by atoms with E-state index in [0.717, 1.165) is 31.6 Å². The molecule has 7 heteroatoms. The van der Waals surface area contributed by atoms with E-state index in [1.807, 2.05) is 34.1 Å². The molecular weight excluding hydrogens is 360 g/mol. The number of fused-ring (bicyclic) bond motifs is 1. The molecule has 1 saturated heterocycles. The molecule has 4 rings (SSSR count). The van der Waals surface area contributed by atoms with Gasteiger partial charge in [-0.2, -0.15) is 0 Å². The van der Waals surface area contributed by atoms with Crippen molar-refractivity contribution in [1.29, 1.82) is 0 Å². The van der Waals surface area contributed by atoms with E-state index in [1.54, 1.807) is 6.07 Å². The zero-order chi connectivity index (χ0) is 19.5. The molecule has 1 unspecified atom stereocenters. The molecule has 1 amide bonds. The van der Waals surface area contributed by atoms with E-state index in [4.69, 9.17) is 13.9 Å². The largest absolute Gasteiger partial charge is 0.477 e. The Morgan fingerprint density at radius 2 is 1.93 bits per heavy atom. The fourth-order valence-corrected chi connectivity index (χ4v) is 3.83. The minimum Gasteiger partial charge on any atom is -0.477 e. The second-order valence-electron chi connectivity index (χ2n) is 7.09. The van der Waals surface area contributed by atoms with Gasteiger partial charge in [-0.25, -0.2) is 4.79 Å². The summed E-state index contributed by atoms with van der Waals surface area (Å²) in [5, 5.41) is 0. The number of hydrogen-bond donors (Lipinski definition) is 0. The Bertz CT molecular complexity index is 856. The Kier molecular flexibility index (Phi) is 5.23. The maximum Gasteiger partial charge on any atom is 0.341 e. The van der Waals surface area contributed by atoms with E-state index in [-0.39, 0.29) is 5.91 Å². The van der Waals surface area contributed by atoms with Crippen LogP contribution in [-0.4, -0.2) is 49.6 Å². The first kappa shape index (κ1) is 18.4. The molecule has 0 saturated carbocycles. The maximum absolute atomic E-state index is 13.0. The Labute approximate surface area is 163 Å². The minimum absolute atomic E-state index is 0.0202. The summed E-state index contributed by atoms with van der Waals surface area (Å²) < 4.78 is 16.4. The standard InChI is InChI=1S/C21H24N2O5/c1-26-21(25)15-9-12-27-18(15)13-23-14-19(20(24)22-10-5-2-6-11-22)28-17-8-4-3-7-16(17)23/h3-4,7-9,12,19H,2,5-6,10-11,13-14H2,1H3. The van der Waals surface area contributed by atoms with Crippen LogP contribution in [0.4, 0.5) is 5.69 Å². The molecule has 1 fully saturated rings. The topological polar surface area (TPSA) is 72.2 Å². The van der Waals surface area contributed by atoms with Gasteiger partial charge >= 0.3 is 5.97 Å². The monoisotopic (exact) mass is 384 g/mol. The first-order valence-electron chi connectivity index (χ1n) is 9.61. The van der Waals surface area contributed by atoms with Gasteiger partial charge in [0.25, 0.3) is 5.91 Å². The van der Waals surface area contributed by atoms with Gasteiger partial charge in [-0.15, -0.1) is 0 Å². The second kappa shape index (κ2) is 7.96. The highest BCUT2D eigenvalue weighted by molar-refractivity contribution is 5.90. The van der Waals surface area contributed by atoms with Crippen LogP contribution in [0, 0.1) is 0 Å². The number of piperidine rings is 1. The quantitative estimate of drug-likeness (QED) is 0.755. The predicted octanol–water partition coefficient (Wildman–Crippen LogP) is 2.85. The highest BCUT2D eigenvalue weighted by Gasteiger charge is 2.34. The van der Waals surface area contributed by atoms with Gasteiger partial charge in [0.15, 0.2) is 6.10 Å². The van der Waals surface area contributed by atoms with Crippen molar-refractivity contribution in [2.75, 3.05) is 31.6 Å². The molecule has 1 aromatic heterocycles. The molecular formula is C21H24N2O5. The van der Waals surface area contributed by atoms with Crippen molar-refractivity contribution < 1.29 is 23.5 Å². The molecule has 0 aliphatic carbocycles. The number of para-hydroxylation sites is 2. The second-order valence-corrected chi connectivity index (χ2v) is 7.09. The third-order valence-electron chi connectivity index (χ3n) is 5.29. The summed E-state index contributed by atoms with van der Waals surface area (Å²) in [4.78, 5) is 28.9. The molecule has 7 nitrogen and oxygen atoms in total. The number of furan rings is 1. The lowest BCUT2D eigenvalue weighted by atomic mass is 10.1. The SMILES string of the molecule is COC(=O)c1ccoc1CN1CC(C(=O)N2CCCCC2)Oc2ccccc21. The van der Waals surface area contributed by atoms with E-state index in [2.05, 4.69) is 0 Å². The van der Waals surface area contributed by atoms with Crippen LogP contribution in [0.5, 0.6) is 5.75 Å². The Morgan fingerprint density at radius 1 is 1.14 bits per heavy atom. The van der Waals surface area contributed by atoms with E-state index in [1.165, 1.54) is 19.8 Å². The van der Waals surface area contributed by atoms with Crippen molar-refractivity contribution >= 4 is 17.6 Å². The van der Waals surface area contributed by atoms with Gasteiger partial charge in [-0.3, -0.25) is 4.79 Å². The van der Waals surface area contributed by atoms with Crippen molar-refractivity contribution in [2.24, 2.45) is 0 Å². The molecule has 2 aromatic rings. The summed E-state index contributed by atoms with van der Waals surface area (Å²) in [6.07, 6.45) is 4.13. The minimum atomic E-state index is -0.579. The lowest BCUT2D eigenvalue weighted by Gasteiger charge is -2.38. The maximum atomic E-state index is 13.0. The van der Waals surface area contributed by atoms with Crippen molar-refractivity contribution in [3.05, 3.63) is 47.9 Å². The smallest absolute Gasteiger partial charge is 0.341 e. The Hall–Kier alpha value is -2.96. The molecule has 1 atom stereocenters. The molecule has 148 valence electrons. The van der Waals surface area contributed by atoms with Gasteiger partial charge < -0.3 is 23.7 Å². The third kappa shape index (κ3) is 3.56. The van der Waals surface area contributed by atoms with Crippen LogP contribution in [0.1, 0.15) is 35.4 Å². The number of benzene rings is 1. The molecule has 1 aromatic carbocycles. The van der Waals surface area contributed by atoms with Crippen LogP contribution in [0.15, 0.2) is 41.0 Å². The van der Waals surface area contributed by atoms with Crippen molar-refractivity contribution in [3.63, 3.8) is 0 Å². The lowest BCUT2D eigenvalue weighted by molar-refractivity contribution is -0.139. The molecule has 0 bridgehead atoms. The van der Waals surface area contributed by atoms with Gasteiger partial charge in [0.1, 0.15) is 17.1 Å². The molecule has 2 aliphatic rings. The molecule has 0 radical (unpaired) electrons. The fraction of sp³-hybridized carbons (Fsp3) is 0.429. The number of esters is 1. The normalized spacial score (nSPS) is 19.0. The number of carbonyl (C=O) groups is 2. The number of likely N-dealkylation sites (tertiary alicyclic amines) is 1. The number of nitrogens with zero attached hydrogens (tertiary/aromatic N) is 2. The van der Waals surface area contributed by atoms with Gasteiger partial charge in [0, 0.05) is 13.1 Å². The number of rotatable bonds is 4. The number of amides is 1. The highest BCUT2D eigenvalue weighted by atomic mass is 16.5. The summed E-state index contributed by atoms with van der Waals surface area (Å²) in [6, 6.07) is 9.21. The molecule has 0 spiro atoms. The van der Waals surface area contributed by atoms with Crippen LogP contribution < -0.4 is 9.64 Å². The zero-order valence-corrected chi connectivity index (χ0v) is 15.9. The number of hydrogen-bond acceptors (Lipinski definition) is 6. The van der Waals surface area contributed by atoms with Crippen molar-refractivity contribution in [2.45, 2.75) is 31.9 Å². The molecule has 2 aliphatic heterocycles. The van der Waals surface area contributed by atoms with Crippen LogP contribution in [0.2, 0.25) is 0 Å². The fourth-order valence-electron chi connectivity index (χ4n) is 3.83. The van der Waals surface area contributed by atoms with Gasteiger partial charge in [0.2, 0.25) is 0 Å². The summed E-state index contributed by atoms with van der Waals surface area (Å²) in [5.74, 6) is 0.751. The zero-order valence-electron chi connectivity index (χ0n) is 15.9. The van der Waals surface area contributed by atoms with Crippen LogP contribution in [0.3, 0.4) is 0 Å². The summed E-state index contributed by atoms with van der Waals surface area (Å²) in [5.41, 5.74) is 1.27. The van der Waals surface area contributed by atoms with Gasteiger partial charge in [-0.1, -0.05) is 12.1 Å². The highest BCUT2D eigenvalue weighted by Crippen LogP contribution is 2.35. The van der Waals surface area contributed by atoms with E-state index < -0.39 is 12.1 Å². The van der Waals surface area contributed by atoms with E-state index in [0.29, 0.717) is 30.2 Å². The molecule has 0 N–H and O–H groups in total. The Morgan fingerprint density at radius 3 is 2.71 bits per heavy atom. The molecule has 28 heavy (non-hydrogen) atoms. The van der Waals surface area contributed by atoms with Crippen LogP contribution in [-0.2, 0) is 16.1 Å². The Balaban J connectivity index is 1.58. The summed E-state index contributed by atoms with van der Waals surface area (Å²) in [7, 11) is 1.34. The molecule has 3 heterocycles. The summed E-state index contributed by atoms with van der Waals surface area (Å²) in [6.45, 7) is 2.31. The third-order valence-corrected chi connectivity index (χ3v) is 5.29. The average Bonchev–Trinajstić information content (AvgIpc) is 3.21. The van der Waals surface area contributed by atoms with Gasteiger partial charge in [0.05, 0.1) is 32.1 Å². The number of anilines is 1. The van der Waals surface area contributed by atoms with Crippen molar-refractivity contribution in [1.82, 2.24) is 4.90 Å². The first-order chi connectivity index (χ1) is 13.7.